The number of hydrogen-bond donors (Lipinski definition) is 1. The number of methoxy groups -OCH3 is 1. The van der Waals surface area contributed by atoms with Crippen LogP contribution >= 0.6 is 0 Å². The second kappa shape index (κ2) is 9.68. The number of rotatable bonds is 9. The van der Waals surface area contributed by atoms with Gasteiger partial charge in [-0.1, -0.05) is 36.4 Å². The molecule has 1 heterocycles. The van der Waals surface area contributed by atoms with Crippen LogP contribution in [0.4, 0.5) is 5.69 Å². The van der Waals surface area contributed by atoms with Crippen LogP contribution in [-0.4, -0.2) is 62.7 Å². The number of benzene rings is 2. The highest BCUT2D eigenvalue weighted by atomic mass is 16.7. The minimum atomic E-state index is -0.913. The number of carbonyl (C=O) groups is 1. The first kappa shape index (κ1) is 20.3. The van der Waals surface area contributed by atoms with Gasteiger partial charge in [0, 0.05) is 39.5 Å². The van der Waals surface area contributed by atoms with Gasteiger partial charge in [0.15, 0.2) is 0 Å². The van der Waals surface area contributed by atoms with Crippen molar-refractivity contribution in [1.82, 2.24) is 4.90 Å². The van der Waals surface area contributed by atoms with Crippen LogP contribution < -0.4 is 4.90 Å². The Bertz CT molecular complexity index is 768. The lowest BCUT2D eigenvalue weighted by Gasteiger charge is -2.34. The van der Waals surface area contributed by atoms with Gasteiger partial charge in [-0.15, -0.1) is 0 Å². The second-order valence-corrected chi connectivity index (χ2v) is 7.14. The first-order valence-corrected chi connectivity index (χ1v) is 9.52. The molecular weight excluding hydrogens is 356 g/mol. The van der Waals surface area contributed by atoms with E-state index in [0.717, 1.165) is 31.7 Å². The van der Waals surface area contributed by atoms with Crippen molar-refractivity contribution in [2.75, 3.05) is 45.5 Å². The van der Waals surface area contributed by atoms with Crippen LogP contribution in [0.25, 0.3) is 0 Å². The topological polar surface area (TPSA) is 62.2 Å². The molecule has 3 rings (SSSR count). The Labute approximate surface area is 166 Å². The quantitative estimate of drug-likeness (QED) is 0.670. The number of anilines is 1. The third kappa shape index (κ3) is 5.10. The Morgan fingerprint density at radius 2 is 2.04 bits per heavy atom. The zero-order valence-corrected chi connectivity index (χ0v) is 16.5. The number of hydrogen-bond acceptors (Lipinski definition) is 5. The molecule has 1 aliphatic heterocycles. The van der Waals surface area contributed by atoms with Crippen LogP contribution in [0.2, 0.25) is 0 Å². The minimum absolute atomic E-state index is 0.103. The summed E-state index contributed by atoms with van der Waals surface area (Å²) < 4.78 is 10.7. The SMILES string of the molecule is COCOC1CCN(CC(c2ccccc2)N(C)c2cccc(C(=O)O)c2)C1. The molecule has 0 amide bonds. The van der Waals surface area contributed by atoms with Crippen LogP contribution in [0.1, 0.15) is 28.4 Å². The van der Waals surface area contributed by atoms with Crippen molar-refractivity contribution in [3.05, 3.63) is 65.7 Å². The Morgan fingerprint density at radius 3 is 2.75 bits per heavy atom. The van der Waals surface area contributed by atoms with Gasteiger partial charge in [-0.2, -0.15) is 0 Å². The van der Waals surface area contributed by atoms with E-state index in [0.29, 0.717) is 12.4 Å². The molecule has 28 heavy (non-hydrogen) atoms. The third-order valence-electron chi connectivity index (χ3n) is 5.23. The smallest absolute Gasteiger partial charge is 0.335 e. The zero-order valence-electron chi connectivity index (χ0n) is 16.5. The highest BCUT2D eigenvalue weighted by Gasteiger charge is 2.28. The molecule has 0 bridgehead atoms. The van der Waals surface area contributed by atoms with Crippen molar-refractivity contribution in [1.29, 1.82) is 0 Å². The van der Waals surface area contributed by atoms with Gasteiger partial charge in [0.2, 0.25) is 0 Å². The number of carboxylic acid groups (broad SMARTS) is 1. The average Bonchev–Trinajstić information content (AvgIpc) is 3.18. The van der Waals surface area contributed by atoms with Crippen LogP contribution in [0, 0.1) is 0 Å². The molecule has 2 unspecified atom stereocenters. The summed E-state index contributed by atoms with van der Waals surface area (Å²) in [4.78, 5) is 15.9. The van der Waals surface area contributed by atoms with E-state index in [1.165, 1.54) is 5.56 Å². The van der Waals surface area contributed by atoms with Crippen LogP contribution in [0.3, 0.4) is 0 Å². The fourth-order valence-electron chi connectivity index (χ4n) is 3.67. The minimum Gasteiger partial charge on any atom is -0.478 e. The van der Waals surface area contributed by atoms with Gasteiger partial charge in [-0.05, 0) is 30.2 Å². The molecule has 2 aromatic rings. The van der Waals surface area contributed by atoms with E-state index in [9.17, 15) is 9.90 Å². The average molecular weight is 384 g/mol. The van der Waals surface area contributed by atoms with Gasteiger partial charge in [0.25, 0.3) is 0 Å². The van der Waals surface area contributed by atoms with Gasteiger partial charge < -0.3 is 19.5 Å². The van der Waals surface area contributed by atoms with E-state index in [1.54, 1.807) is 25.3 Å². The maximum atomic E-state index is 11.4. The van der Waals surface area contributed by atoms with Gasteiger partial charge >= 0.3 is 5.97 Å². The fourth-order valence-corrected chi connectivity index (χ4v) is 3.67. The lowest BCUT2D eigenvalue weighted by Crippen LogP contribution is -2.36. The molecule has 6 heteroatoms. The number of ether oxygens (including phenoxy) is 2. The normalized spacial score (nSPS) is 18.1. The van der Waals surface area contributed by atoms with Crippen LogP contribution in [-0.2, 0) is 9.47 Å². The lowest BCUT2D eigenvalue weighted by atomic mass is 10.0. The summed E-state index contributed by atoms with van der Waals surface area (Å²) in [7, 11) is 3.66. The van der Waals surface area contributed by atoms with Crippen molar-refractivity contribution in [2.45, 2.75) is 18.6 Å². The molecule has 0 spiro atoms. The van der Waals surface area contributed by atoms with Crippen molar-refractivity contribution in [3.8, 4) is 0 Å². The van der Waals surface area contributed by atoms with Gasteiger partial charge in [0.05, 0.1) is 17.7 Å². The summed E-state index contributed by atoms with van der Waals surface area (Å²) in [6.45, 7) is 3.00. The molecule has 2 atom stereocenters. The first-order chi connectivity index (χ1) is 13.6. The van der Waals surface area contributed by atoms with Crippen molar-refractivity contribution in [2.24, 2.45) is 0 Å². The Hall–Kier alpha value is -2.41. The zero-order chi connectivity index (χ0) is 19.9. The molecule has 0 saturated carbocycles. The maximum Gasteiger partial charge on any atom is 0.335 e. The summed E-state index contributed by atoms with van der Waals surface area (Å²) in [5.74, 6) is -0.913. The molecule has 0 aromatic heterocycles. The van der Waals surface area contributed by atoms with Gasteiger partial charge in [0.1, 0.15) is 6.79 Å². The van der Waals surface area contributed by atoms with E-state index in [2.05, 4.69) is 21.9 Å². The van der Waals surface area contributed by atoms with E-state index >= 15 is 0 Å². The predicted octanol–water partition coefficient (Wildman–Crippen LogP) is 3.26. The number of carboxylic acids is 1. The molecule has 1 aliphatic rings. The van der Waals surface area contributed by atoms with Crippen LogP contribution in [0.15, 0.2) is 54.6 Å². The Balaban J connectivity index is 1.78. The van der Waals surface area contributed by atoms with Crippen molar-refractivity contribution in [3.63, 3.8) is 0 Å². The summed E-state index contributed by atoms with van der Waals surface area (Å²) in [5.41, 5.74) is 2.39. The summed E-state index contributed by atoms with van der Waals surface area (Å²) >= 11 is 0. The molecular formula is C22H28N2O4. The fraction of sp³-hybridized carbons (Fsp3) is 0.409. The maximum absolute atomic E-state index is 11.4. The van der Waals surface area contributed by atoms with Crippen LogP contribution in [0.5, 0.6) is 0 Å². The van der Waals surface area contributed by atoms with E-state index < -0.39 is 5.97 Å². The molecule has 1 N–H and O–H groups in total. The standard InChI is InChI=1S/C22H28N2O4/c1-23(19-10-6-9-18(13-19)22(25)26)21(17-7-4-3-5-8-17)15-24-12-11-20(14-24)28-16-27-2/h3-10,13,20-21H,11-12,14-16H2,1-2H3,(H,25,26). The third-order valence-corrected chi connectivity index (χ3v) is 5.23. The monoisotopic (exact) mass is 384 g/mol. The molecule has 1 saturated heterocycles. The number of aromatic carboxylic acids is 1. The first-order valence-electron chi connectivity index (χ1n) is 9.52. The summed E-state index contributed by atoms with van der Waals surface area (Å²) in [6, 6.07) is 17.5. The summed E-state index contributed by atoms with van der Waals surface area (Å²) in [6.07, 6.45) is 1.18. The molecule has 1 fully saturated rings. The van der Waals surface area contributed by atoms with E-state index in [4.69, 9.17) is 9.47 Å². The number of likely N-dealkylation sites (N-methyl/N-ethyl adjacent to an activating group) is 1. The molecule has 2 aromatic carbocycles. The Morgan fingerprint density at radius 1 is 1.25 bits per heavy atom. The van der Waals surface area contributed by atoms with Gasteiger partial charge in [-0.25, -0.2) is 4.79 Å². The van der Waals surface area contributed by atoms with E-state index in [-0.39, 0.29) is 12.1 Å². The largest absolute Gasteiger partial charge is 0.478 e. The highest BCUT2D eigenvalue weighted by Crippen LogP contribution is 2.28. The molecule has 150 valence electrons. The second-order valence-electron chi connectivity index (χ2n) is 7.14. The van der Waals surface area contributed by atoms with Crippen molar-refractivity contribution < 1.29 is 19.4 Å². The summed E-state index contributed by atoms with van der Waals surface area (Å²) in [5, 5.41) is 9.33. The Kier molecular flexibility index (Phi) is 7.03. The van der Waals surface area contributed by atoms with Gasteiger partial charge in [-0.3, -0.25) is 4.90 Å². The molecule has 0 radical (unpaired) electrons. The number of nitrogens with zero attached hydrogens (tertiary/aromatic N) is 2. The lowest BCUT2D eigenvalue weighted by molar-refractivity contribution is -0.0671. The molecule has 0 aliphatic carbocycles. The number of likely N-dealkylation sites (tertiary alicyclic amines) is 1. The predicted molar refractivity (Wildman–Crippen MR) is 109 cm³/mol. The molecule has 6 nitrogen and oxygen atoms in total. The van der Waals surface area contributed by atoms with E-state index in [1.807, 2.05) is 31.3 Å². The highest BCUT2D eigenvalue weighted by molar-refractivity contribution is 5.88. The van der Waals surface area contributed by atoms with Crippen molar-refractivity contribution >= 4 is 11.7 Å².